The minimum atomic E-state index is -0.360. The summed E-state index contributed by atoms with van der Waals surface area (Å²) in [6.45, 7) is 2.52. The van der Waals surface area contributed by atoms with Gasteiger partial charge in [-0.25, -0.2) is 9.78 Å². The van der Waals surface area contributed by atoms with Crippen LogP contribution in [0.1, 0.15) is 21.2 Å². The normalized spacial score (nSPS) is 10.4. The van der Waals surface area contributed by atoms with Crippen molar-refractivity contribution >= 4 is 22.4 Å². The summed E-state index contributed by atoms with van der Waals surface area (Å²) < 4.78 is 10.1. The summed E-state index contributed by atoms with van der Waals surface area (Å²) in [6.07, 6.45) is 1.52. The van der Waals surface area contributed by atoms with Crippen LogP contribution in [0.2, 0.25) is 0 Å². The van der Waals surface area contributed by atoms with Crippen LogP contribution in [0.3, 0.4) is 0 Å². The van der Waals surface area contributed by atoms with Gasteiger partial charge in [0.15, 0.2) is 5.13 Å². The number of anilines is 1. The Balaban J connectivity index is 2.07. The molecule has 0 amide bonds. The molecule has 0 aliphatic rings. The first-order valence-electron chi connectivity index (χ1n) is 5.40. The zero-order valence-corrected chi connectivity index (χ0v) is 11.3. The van der Waals surface area contributed by atoms with Crippen LogP contribution in [0.25, 0.3) is 0 Å². The summed E-state index contributed by atoms with van der Waals surface area (Å²) in [5, 5.41) is 0.754. The molecule has 2 aromatic heterocycles. The van der Waals surface area contributed by atoms with E-state index in [9.17, 15) is 4.79 Å². The number of carbonyl (C=O) groups excluding carboxylic acids is 1. The number of methoxy groups -OCH3 is 1. The number of furan rings is 1. The summed E-state index contributed by atoms with van der Waals surface area (Å²) >= 11 is 1.30. The van der Waals surface area contributed by atoms with Crippen molar-refractivity contribution < 1.29 is 13.9 Å². The van der Waals surface area contributed by atoms with Crippen LogP contribution in [0, 0.1) is 6.92 Å². The first kappa shape index (κ1) is 12.6. The van der Waals surface area contributed by atoms with Crippen molar-refractivity contribution in [2.24, 2.45) is 0 Å². The lowest BCUT2D eigenvalue weighted by Crippen LogP contribution is -2.15. The van der Waals surface area contributed by atoms with Gasteiger partial charge in [0.1, 0.15) is 16.4 Å². The second-order valence-corrected chi connectivity index (χ2v) is 4.88. The molecule has 6 heteroatoms. The van der Waals surface area contributed by atoms with Crippen LogP contribution in [0.15, 0.2) is 22.7 Å². The van der Waals surface area contributed by atoms with Crippen LogP contribution in [0.5, 0.6) is 0 Å². The zero-order chi connectivity index (χ0) is 13.1. The number of hydrogen-bond acceptors (Lipinski definition) is 6. The fourth-order valence-electron chi connectivity index (χ4n) is 1.51. The minimum Gasteiger partial charge on any atom is -0.465 e. The lowest BCUT2D eigenvalue weighted by atomic mass is 10.4. The van der Waals surface area contributed by atoms with Crippen LogP contribution in [-0.4, -0.2) is 25.1 Å². The van der Waals surface area contributed by atoms with Gasteiger partial charge in [-0.05, 0) is 19.1 Å². The van der Waals surface area contributed by atoms with E-state index < -0.39 is 0 Å². The first-order valence-corrected chi connectivity index (χ1v) is 6.22. The Morgan fingerprint density at radius 2 is 2.33 bits per heavy atom. The number of carbonyl (C=O) groups is 1. The zero-order valence-electron chi connectivity index (χ0n) is 10.5. The maximum atomic E-state index is 11.3. The minimum absolute atomic E-state index is 0.360. The number of rotatable bonds is 4. The van der Waals surface area contributed by atoms with E-state index in [2.05, 4.69) is 9.72 Å². The van der Waals surface area contributed by atoms with Gasteiger partial charge < -0.3 is 14.1 Å². The van der Waals surface area contributed by atoms with Crippen molar-refractivity contribution in [3.05, 3.63) is 34.7 Å². The van der Waals surface area contributed by atoms with Crippen molar-refractivity contribution in [3.8, 4) is 0 Å². The van der Waals surface area contributed by atoms with E-state index in [0.29, 0.717) is 11.4 Å². The SMILES string of the molecule is COC(=O)c1cnc(N(C)Cc2ccc(C)o2)s1. The van der Waals surface area contributed by atoms with Gasteiger partial charge in [0.2, 0.25) is 0 Å². The second-order valence-electron chi connectivity index (χ2n) is 3.87. The molecule has 0 radical (unpaired) electrons. The van der Waals surface area contributed by atoms with Gasteiger partial charge in [-0.2, -0.15) is 0 Å². The molecule has 0 aliphatic carbocycles. The van der Waals surface area contributed by atoms with Gasteiger partial charge in [-0.1, -0.05) is 11.3 Å². The van der Waals surface area contributed by atoms with Crippen molar-refractivity contribution in [1.29, 1.82) is 0 Å². The van der Waals surface area contributed by atoms with Gasteiger partial charge in [-0.3, -0.25) is 0 Å². The standard InChI is InChI=1S/C12H14N2O3S/c1-8-4-5-9(17-8)7-14(2)12-13-6-10(18-12)11(15)16-3/h4-6H,7H2,1-3H3. The summed E-state index contributed by atoms with van der Waals surface area (Å²) in [7, 11) is 3.26. The van der Waals surface area contributed by atoms with Crippen LogP contribution >= 0.6 is 11.3 Å². The monoisotopic (exact) mass is 266 g/mol. The molecule has 2 heterocycles. The lowest BCUT2D eigenvalue weighted by Gasteiger charge is -2.13. The van der Waals surface area contributed by atoms with Crippen molar-refractivity contribution in [2.75, 3.05) is 19.1 Å². The molecule has 18 heavy (non-hydrogen) atoms. The molecule has 0 unspecified atom stereocenters. The molecular formula is C12H14N2O3S. The average molecular weight is 266 g/mol. The third kappa shape index (κ3) is 2.70. The fourth-order valence-corrected chi connectivity index (χ4v) is 2.30. The molecule has 0 saturated carbocycles. The smallest absolute Gasteiger partial charge is 0.349 e. The van der Waals surface area contributed by atoms with Gasteiger partial charge in [0, 0.05) is 7.05 Å². The number of ether oxygens (including phenoxy) is 1. The van der Waals surface area contributed by atoms with Crippen molar-refractivity contribution in [2.45, 2.75) is 13.5 Å². The van der Waals surface area contributed by atoms with Crippen LogP contribution in [0.4, 0.5) is 5.13 Å². The number of hydrogen-bond donors (Lipinski definition) is 0. The van der Waals surface area contributed by atoms with E-state index in [4.69, 9.17) is 4.42 Å². The highest BCUT2D eigenvalue weighted by Gasteiger charge is 2.14. The number of thiazole rings is 1. The van der Waals surface area contributed by atoms with Crippen LogP contribution < -0.4 is 4.90 Å². The fraction of sp³-hybridized carbons (Fsp3) is 0.333. The Hall–Kier alpha value is -1.82. The molecule has 2 aromatic rings. The second kappa shape index (κ2) is 5.22. The average Bonchev–Trinajstić information content (AvgIpc) is 2.97. The largest absolute Gasteiger partial charge is 0.465 e. The summed E-state index contributed by atoms with van der Waals surface area (Å²) in [6, 6.07) is 3.85. The van der Waals surface area contributed by atoms with Gasteiger partial charge in [0.05, 0.1) is 19.9 Å². The molecule has 96 valence electrons. The molecule has 0 fully saturated rings. The van der Waals surface area contributed by atoms with E-state index in [1.54, 1.807) is 0 Å². The maximum Gasteiger partial charge on any atom is 0.349 e. The number of aryl methyl sites for hydroxylation is 1. The summed E-state index contributed by atoms with van der Waals surface area (Å²) in [4.78, 5) is 17.9. The molecular weight excluding hydrogens is 252 g/mol. The molecule has 0 aromatic carbocycles. The molecule has 0 spiro atoms. The molecule has 0 N–H and O–H groups in total. The van der Waals surface area contributed by atoms with Crippen molar-refractivity contribution in [1.82, 2.24) is 4.98 Å². The predicted molar refractivity (Wildman–Crippen MR) is 69.0 cm³/mol. The Labute approximate surface area is 109 Å². The molecule has 2 rings (SSSR count). The molecule has 5 nitrogen and oxygen atoms in total. The topological polar surface area (TPSA) is 55.6 Å². The quantitative estimate of drug-likeness (QED) is 0.796. The predicted octanol–water partition coefficient (Wildman–Crippen LogP) is 2.47. The Morgan fingerprint density at radius 3 is 2.94 bits per heavy atom. The molecule has 0 saturated heterocycles. The molecule has 0 aliphatic heterocycles. The Morgan fingerprint density at radius 1 is 1.56 bits per heavy atom. The van der Waals surface area contributed by atoms with E-state index in [0.717, 1.165) is 16.7 Å². The lowest BCUT2D eigenvalue weighted by molar-refractivity contribution is 0.0606. The Kier molecular flexibility index (Phi) is 3.66. The van der Waals surface area contributed by atoms with Gasteiger partial charge in [0.25, 0.3) is 0 Å². The third-order valence-corrected chi connectivity index (χ3v) is 3.49. The number of aromatic nitrogens is 1. The highest BCUT2D eigenvalue weighted by Crippen LogP contribution is 2.23. The number of nitrogens with zero attached hydrogens (tertiary/aromatic N) is 2. The molecule has 0 atom stereocenters. The first-order chi connectivity index (χ1) is 8.60. The van der Waals surface area contributed by atoms with Crippen LogP contribution in [-0.2, 0) is 11.3 Å². The summed E-state index contributed by atoms with van der Waals surface area (Å²) in [5.74, 6) is 1.39. The van der Waals surface area contributed by atoms with Crippen molar-refractivity contribution in [3.63, 3.8) is 0 Å². The third-order valence-electron chi connectivity index (χ3n) is 2.40. The van der Waals surface area contributed by atoms with E-state index in [1.165, 1.54) is 24.6 Å². The highest BCUT2D eigenvalue weighted by molar-refractivity contribution is 7.17. The van der Waals surface area contributed by atoms with E-state index in [-0.39, 0.29) is 5.97 Å². The van der Waals surface area contributed by atoms with Gasteiger partial charge >= 0.3 is 5.97 Å². The highest BCUT2D eigenvalue weighted by atomic mass is 32.1. The Bertz CT molecular complexity index is 547. The number of esters is 1. The maximum absolute atomic E-state index is 11.3. The van der Waals surface area contributed by atoms with Gasteiger partial charge in [-0.15, -0.1) is 0 Å². The summed E-state index contributed by atoms with van der Waals surface area (Å²) in [5.41, 5.74) is 0. The van der Waals surface area contributed by atoms with E-state index >= 15 is 0 Å². The molecule has 0 bridgehead atoms. The van der Waals surface area contributed by atoms with E-state index in [1.807, 2.05) is 31.0 Å².